The molecule has 0 fully saturated rings. The van der Waals surface area contributed by atoms with E-state index >= 15 is 0 Å². The fourth-order valence-electron chi connectivity index (χ4n) is 0.460. The largest absolute Gasteiger partial charge is 0.396 e. The Labute approximate surface area is 54.3 Å². The van der Waals surface area contributed by atoms with Gasteiger partial charge in [-0.3, -0.25) is 0 Å². The molecule has 54 valence electrons. The second-order valence-electron chi connectivity index (χ2n) is 1.81. The lowest BCUT2D eigenvalue weighted by Crippen LogP contribution is -2.24. The van der Waals surface area contributed by atoms with Gasteiger partial charge in [-0.2, -0.15) is 0 Å². The van der Waals surface area contributed by atoms with E-state index < -0.39 is 12.2 Å². The van der Waals surface area contributed by atoms with Crippen LogP contribution in [-0.2, 0) is 0 Å². The van der Waals surface area contributed by atoms with Crippen LogP contribution in [-0.4, -0.2) is 34.1 Å². The molecule has 0 heterocycles. The minimum absolute atomic E-state index is 0.119. The van der Waals surface area contributed by atoms with Crippen LogP contribution in [0, 0.1) is 0 Å². The monoisotopic (exact) mass is 132 g/mol. The van der Waals surface area contributed by atoms with Crippen LogP contribution in [0.15, 0.2) is 12.7 Å². The number of aliphatic hydroxyl groups is 3. The van der Waals surface area contributed by atoms with Crippen LogP contribution >= 0.6 is 0 Å². The number of rotatable bonds is 4. The van der Waals surface area contributed by atoms with Gasteiger partial charge in [0.1, 0.15) is 0 Å². The first-order valence-electron chi connectivity index (χ1n) is 2.82. The Hall–Kier alpha value is -0.380. The Morgan fingerprint density at radius 2 is 2.00 bits per heavy atom. The van der Waals surface area contributed by atoms with E-state index in [4.69, 9.17) is 15.3 Å². The van der Waals surface area contributed by atoms with Gasteiger partial charge in [0.25, 0.3) is 0 Å². The van der Waals surface area contributed by atoms with Crippen molar-refractivity contribution >= 4 is 0 Å². The minimum Gasteiger partial charge on any atom is -0.396 e. The summed E-state index contributed by atoms with van der Waals surface area (Å²) in [6.07, 6.45) is -0.377. The van der Waals surface area contributed by atoms with Crippen molar-refractivity contribution in [2.45, 2.75) is 18.6 Å². The van der Waals surface area contributed by atoms with Crippen molar-refractivity contribution in [2.75, 3.05) is 6.61 Å². The summed E-state index contributed by atoms with van der Waals surface area (Å²) in [5.41, 5.74) is 0. The first-order valence-corrected chi connectivity index (χ1v) is 2.82. The van der Waals surface area contributed by atoms with Crippen molar-refractivity contribution in [3.8, 4) is 0 Å². The molecule has 0 amide bonds. The van der Waals surface area contributed by atoms with Gasteiger partial charge >= 0.3 is 0 Å². The molecule has 3 heteroatoms. The molecule has 0 aliphatic heterocycles. The standard InChI is InChI=1S/C6H12O3/c1-2-5(8)6(9)3-4-7/h2,5-9H,1,3-4H2. The normalized spacial score (nSPS) is 16.8. The molecule has 0 saturated heterocycles. The maximum Gasteiger partial charge on any atom is 0.0978 e. The molecular formula is C6H12O3. The average Bonchev–Trinajstić information content (AvgIpc) is 1.87. The van der Waals surface area contributed by atoms with Crippen LogP contribution in [0.4, 0.5) is 0 Å². The zero-order valence-corrected chi connectivity index (χ0v) is 5.20. The fraction of sp³-hybridized carbons (Fsp3) is 0.667. The van der Waals surface area contributed by atoms with E-state index in [1.807, 2.05) is 0 Å². The van der Waals surface area contributed by atoms with Gasteiger partial charge in [0.2, 0.25) is 0 Å². The maximum absolute atomic E-state index is 8.84. The van der Waals surface area contributed by atoms with Crippen LogP contribution in [0.2, 0.25) is 0 Å². The molecule has 0 aromatic rings. The third-order valence-corrected chi connectivity index (χ3v) is 1.06. The van der Waals surface area contributed by atoms with Crippen molar-refractivity contribution in [2.24, 2.45) is 0 Å². The van der Waals surface area contributed by atoms with Gasteiger partial charge < -0.3 is 15.3 Å². The van der Waals surface area contributed by atoms with Gasteiger partial charge in [0.15, 0.2) is 0 Å². The zero-order valence-electron chi connectivity index (χ0n) is 5.20. The topological polar surface area (TPSA) is 60.7 Å². The number of aliphatic hydroxyl groups excluding tert-OH is 3. The van der Waals surface area contributed by atoms with Crippen molar-refractivity contribution in [3.63, 3.8) is 0 Å². The smallest absolute Gasteiger partial charge is 0.0978 e. The molecule has 9 heavy (non-hydrogen) atoms. The summed E-state index contributed by atoms with van der Waals surface area (Å²) in [5.74, 6) is 0. The second-order valence-corrected chi connectivity index (χ2v) is 1.81. The second kappa shape index (κ2) is 4.49. The van der Waals surface area contributed by atoms with Crippen LogP contribution < -0.4 is 0 Å². The van der Waals surface area contributed by atoms with E-state index in [0.29, 0.717) is 0 Å². The molecule has 2 atom stereocenters. The molecule has 3 N–H and O–H groups in total. The lowest BCUT2D eigenvalue weighted by atomic mass is 10.1. The summed E-state index contributed by atoms with van der Waals surface area (Å²) in [7, 11) is 0. The third kappa shape index (κ3) is 3.24. The van der Waals surface area contributed by atoms with Crippen LogP contribution in [0.1, 0.15) is 6.42 Å². The summed E-state index contributed by atoms with van der Waals surface area (Å²) in [4.78, 5) is 0. The van der Waals surface area contributed by atoms with Gasteiger partial charge in [-0.15, -0.1) is 6.58 Å². The molecule has 0 aliphatic carbocycles. The first-order chi connectivity index (χ1) is 4.22. The van der Waals surface area contributed by atoms with E-state index in [1.54, 1.807) is 0 Å². The van der Waals surface area contributed by atoms with E-state index in [1.165, 1.54) is 6.08 Å². The Bertz CT molecular complexity index is 82.4. The highest BCUT2D eigenvalue weighted by molar-refractivity contribution is 4.83. The average molecular weight is 132 g/mol. The van der Waals surface area contributed by atoms with Crippen LogP contribution in [0.25, 0.3) is 0 Å². The highest BCUT2D eigenvalue weighted by Crippen LogP contribution is 1.97. The lowest BCUT2D eigenvalue weighted by molar-refractivity contribution is 0.0319. The van der Waals surface area contributed by atoms with Crippen molar-refractivity contribution in [1.29, 1.82) is 0 Å². The Morgan fingerprint density at radius 3 is 2.33 bits per heavy atom. The Balaban J connectivity index is 3.44. The van der Waals surface area contributed by atoms with E-state index in [2.05, 4.69) is 6.58 Å². The van der Waals surface area contributed by atoms with E-state index in [0.717, 1.165) is 0 Å². The highest BCUT2D eigenvalue weighted by Gasteiger charge is 2.10. The molecule has 0 aromatic carbocycles. The fourth-order valence-corrected chi connectivity index (χ4v) is 0.460. The molecule has 0 saturated carbocycles. The highest BCUT2D eigenvalue weighted by atomic mass is 16.3. The quantitative estimate of drug-likeness (QED) is 0.442. The zero-order chi connectivity index (χ0) is 7.28. The number of hydrogen-bond donors (Lipinski definition) is 3. The molecule has 0 bridgehead atoms. The van der Waals surface area contributed by atoms with Gasteiger partial charge in [-0.25, -0.2) is 0 Å². The molecule has 0 radical (unpaired) electrons. The lowest BCUT2D eigenvalue weighted by Gasteiger charge is -2.11. The van der Waals surface area contributed by atoms with Crippen molar-refractivity contribution in [3.05, 3.63) is 12.7 Å². The van der Waals surface area contributed by atoms with Gasteiger partial charge in [0.05, 0.1) is 12.2 Å². The van der Waals surface area contributed by atoms with Crippen molar-refractivity contribution in [1.82, 2.24) is 0 Å². The molecule has 3 nitrogen and oxygen atoms in total. The minimum atomic E-state index is -0.919. The van der Waals surface area contributed by atoms with Crippen LogP contribution in [0.3, 0.4) is 0 Å². The van der Waals surface area contributed by atoms with E-state index in [9.17, 15) is 0 Å². The summed E-state index contributed by atoms with van der Waals surface area (Å²) in [5, 5.41) is 25.9. The summed E-state index contributed by atoms with van der Waals surface area (Å²) in [6, 6.07) is 0. The predicted octanol–water partition coefficient (Wildman–Crippen LogP) is -0.723. The maximum atomic E-state index is 8.84. The Kier molecular flexibility index (Phi) is 4.30. The first kappa shape index (κ1) is 8.62. The predicted molar refractivity (Wildman–Crippen MR) is 33.9 cm³/mol. The molecule has 0 rings (SSSR count). The SMILES string of the molecule is C=CC(O)C(O)CCO. The van der Waals surface area contributed by atoms with Crippen LogP contribution in [0.5, 0.6) is 0 Å². The Morgan fingerprint density at radius 1 is 1.44 bits per heavy atom. The molecular weight excluding hydrogens is 120 g/mol. The van der Waals surface area contributed by atoms with Gasteiger partial charge in [-0.1, -0.05) is 6.08 Å². The molecule has 2 unspecified atom stereocenters. The van der Waals surface area contributed by atoms with Gasteiger partial charge in [-0.05, 0) is 6.42 Å². The van der Waals surface area contributed by atoms with Crippen molar-refractivity contribution < 1.29 is 15.3 Å². The molecule has 0 aromatic heterocycles. The summed E-state index contributed by atoms with van der Waals surface area (Å²) < 4.78 is 0. The molecule has 0 spiro atoms. The number of hydrogen-bond acceptors (Lipinski definition) is 3. The summed E-state index contributed by atoms with van der Waals surface area (Å²) in [6.45, 7) is 3.15. The summed E-state index contributed by atoms with van der Waals surface area (Å²) >= 11 is 0. The van der Waals surface area contributed by atoms with Gasteiger partial charge in [0, 0.05) is 6.61 Å². The van der Waals surface area contributed by atoms with E-state index in [-0.39, 0.29) is 13.0 Å². The molecule has 0 aliphatic rings. The third-order valence-electron chi connectivity index (χ3n) is 1.06.